The Morgan fingerprint density at radius 2 is 2.07 bits per heavy atom. The molecule has 27 heavy (non-hydrogen) atoms. The Morgan fingerprint density at radius 3 is 2.81 bits per heavy atom. The van der Waals surface area contributed by atoms with Gasteiger partial charge in [-0.15, -0.1) is 11.3 Å². The van der Waals surface area contributed by atoms with Crippen molar-refractivity contribution in [3.8, 4) is 0 Å². The van der Waals surface area contributed by atoms with E-state index in [1.54, 1.807) is 18.2 Å². The normalized spacial score (nSPS) is 16.8. The Kier molecular flexibility index (Phi) is 5.98. The molecule has 0 bridgehead atoms. The van der Waals surface area contributed by atoms with Crippen LogP contribution in [0.5, 0.6) is 0 Å². The first-order valence-corrected chi connectivity index (χ1v) is 11.4. The number of aromatic nitrogens is 1. The second kappa shape index (κ2) is 8.08. The number of aryl methyl sites for hydroxylation is 3. The van der Waals surface area contributed by atoms with Crippen LogP contribution in [0.15, 0.2) is 23.1 Å². The molecule has 2 N–H and O–H groups in total. The van der Waals surface area contributed by atoms with Crippen LogP contribution in [0.4, 0.5) is 5.13 Å². The van der Waals surface area contributed by atoms with E-state index in [9.17, 15) is 13.2 Å². The van der Waals surface area contributed by atoms with Gasteiger partial charge in [0.2, 0.25) is 15.9 Å². The summed E-state index contributed by atoms with van der Waals surface area (Å²) in [7, 11) is -3.62. The first-order valence-electron chi connectivity index (χ1n) is 9.10. The molecule has 6 nitrogen and oxygen atoms in total. The van der Waals surface area contributed by atoms with E-state index < -0.39 is 10.0 Å². The van der Waals surface area contributed by atoms with Crippen molar-refractivity contribution >= 4 is 32.4 Å². The van der Waals surface area contributed by atoms with Gasteiger partial charge in [-0.25, -0.2) is 18.1 Å². The highest BCUT2D eigenvalue weighted by atomic mass is 32.2. The van der Waals surface area contributed by atoms with Gasteiger partial charge in [0.25, 0.3) is 0 Å². The summed E-state index contributed by atoms with van der Waals surface area (Å²) in [5.74, 6) is 0.415. The van der Waals surface area contributed by atoms with Crippen LogP contribution in [0.2, 0.25) is 0 Å². The third kappa shape index (κ3) is 4.94. The van der Waals surface area contributed by atoms with E-state index in [0.717, 1.165) is 36.1 Å². The molecule has 0 radical (unpaired) electrons. The molecule has 0 spiro atoms. The Hall–Kier alpha value is -1.77. The molecule has 0 fully saturated rings. The molecule has 1 aromatic heterocycles. The van der Waals surface area contributed by atoms with E-state index in [-0.39, 0.29) is 23.8 Å². The Balaban J connectivity index is 1.53. The molecule has 0 aliphatic heterocycles. The van der Waals surface area contributed by atoms with Gasteiger partial charge in [-0.1, -0.05) is 13.0 Å². The lowest BCUT2D eigenvalue weighted by Crippen LogP contribution is -2.28. The lowest BCUT2D eigenvalue weighted by Gasteiger charge is -2.15. The molecule has 1 aliphatic carbocycles. The van der Waals surface area contributed by atoms with Gasteiger partial charge in [0, 0.05) is 17.8 Å². The summed E-state index contributed by atoms with van der Waals surface area (Å²) in [6.45, 7) is 6.07. The molecule has 0 saturated carbocycles. The molecular weight excluding hydrogens is 382 g/mol. The predicted molar refractivity (Wildman–Crippen MR) is 108 cm³/mol. The molecule has 1 heterocycles. The van der Waals surface area contributed by atoms with Crippen molar-refractivity contribution in [3.63, 3.8) is 0 Å². The Bertz CT molecular complexity index is 951. The minimum atomic E-state index is -3.62. The van der Waals surface area contributed by atoms with Gasteiger partial charge in [-0.3, -0.25) is 4.79 Å². The van der Waals surface area contributed by atoms with E-state index in [4.69, 9.17) is 0 Å². The van der Waals surface area contributed by atoms with E-state index in [1.165, 1.54) is 16.2 Å². The lowest BCUT2D eigenvalue weighted by atomic mass is 9.93. The van der Waals surface area contributed by atoms with Gasteiger partial charge in [-0.05, 0) is 62.3 Å². The van der Waals surface area contributed by atoms with Gasteiger partial charge in [0.15, 0.2) is 5.13 Å². The molecular formula is C19H25N3O3S2. The number of amides is 1. The average Bonchev–Trinajstić information content (AvgIpc) is 2.98. The van der Waals surface area contributed by atoms with E-state index in [0.29, 0.717) is 11.0 Å². The number of carbonyl (C=O) groups is 1. The highest BCUT2D eigenvalue weighted by molar-refractivity contribution is 7.89. The van der Waals surface area contributed by atoms with Crippen molar-refractivity contribution in [2.24, 2.45) is 5.92 Å². The monoisotopic (exact) mass is 407 g/mol. The minimum Gasteiger partial charge on any atom is -0.302 e. The summed E-state index contributed by atoms with van der Waals surface area (Å²) < 4.78 is 27.2. The molecule has 8 heteroatoms. The number of rotatable bonds is 6. The summed E-state index contributed by atoms with van der Waals surface area (Å²) in [6, 6.07) is 4.99. The van der Waals surface area contributed by atoms with Crippen LogP contribution in [0.3, 0.4) is 0 Å². The molecule has 1 amide bonds. The maximum absolute atomic E-state index is 12.3. The van der Waals surface area contributed by atoms with Crippen molar-refractivity contribution in [2.75, 3.05) is 11.9 Å². The largest absolute Gasteiger partial charge is 0.302 e. The number of sulfonamides is 1. The van der Waals surface area contributed by atoms with Crippen molar-refractivity contribution in [1.82, 2.24) is 9.71 Å². The summed E-state index contributed by atoms with van der Waals surface area (Å²) in [5, 5.41) is 3.40. The number of carbonyl (C=O) groups excluding carboxylic acids is 1. The molecule has 1 unspecified atom stereocenters. The number of nitrogens with zero attached hydrogens (tertiary/aromatic N) is 1. The summed E-state index contributed by atoms with van der Waals surface area (Å²) >= 11 is 1.52. The zero-order valence-electron chi connectivity index (χ0n) is 15.8. The molecule has 1 atom stereocenters. The van der Waals surface area contributed by atoms with E-state index in [1.807, 2.05) is 13.8 Å². The Morgan fingerprint density at radius 1 is 1.30 bits per heavy atom. The first-order chi connectivity index (χ1) is 12.7. The fraction of sp³-hybridized carbons (Fsp3) is 0.474. The quantitative estimate of drug-likeness (QED) is 0.770. The summed E-state index contributed by atoms with van der Waals surface area (Å²) in [6.07, 6.45) is 3.16. The SMILES string of the molecule is Cc1ccc(S(=O)(=O)NCCC(=O)Nc2nc3c(s2)CC(C)CC3)cc1C. The summed E-state index contributed by atoms with van der Waals surface area (Å²) in [4.78, 5) is 18.1. The predicted octanol–water partition coefficient (Wildman–Crippen LogP) is 3.19. The van der Waals surface area contributed by atoms with Crippen molar-refractivity contribution in [1.29, 1.82) is 0 Å². The average molecular weight is 408 g/mol. The maximum atomic E-state index is 12.3. The van der Waals surface area contributed by atoms with Gasteiger partial charge < -0.3 is 5.32 Å². The standard InChI is InChI=1S/C19H25N3O3S2/c1-12-4-7-16-17(10-12)26-19(21-16)22-18(23)8-9-20-27(24,25)15-6-5-13(2)14(3)11-15/h5-6,11-12,20H,4,7-10H2,1-3H3,(H,21,22,23). The fourth-order valence-electron chi connectivity index (χ4n) is 3.04. The second-order valence-corrected chi connectivity index (χ2v) is 10.0. The zero-order valence-corrected chi connectivity index (χ0v) is 17.5. The molecule has 146 valence electrons. The number of benzene rings is 1. The Labute approximate surface area is 164 Å². The van der Waals surface area contributed by atoms with Crippen LogP contribution in [-0.2, 0) is 27.7 Å². The van der Waals surface area contributed by atoms with E-state index >= 15 is 0 Å². The lowest BCUT2D eigenvalue weighted by molar-refractivity contribution is -0.116. The van der Waals surface area contributed by atoms with E-state index in [2.05, 4.69) is 21.9 Å². The van der Waals surface area contributed by atoms with Gasteiger partial charge >= 0.3 is 0 Å². The topological polar surface area (TPSA) is 88.2 Å². The third-order valence-corrected chi connectivity index (χ3v) is 7.36. The molecule has 1 aromatic carbocycles. The molecule has 0 saturated heterocycles. The van der Waals surface area contributed by atoms with Crippen LogP contribution in [0.1, 0.15) is 41.5 Å². The van der Waals surface area contributed by atoms with Gasteiger partial charge in [-0.2, -0.15) is 0 Å². The second-order valence-electron chi connectivity index (χ2n) is 7.18. The third-order valence-electron chi connectivity index (χ3n) is 4.87. The minimum absolute atomic E-state index is 0.0449. The summed E-state index contributed by atoms with van der Waals surface area (Å²) in [5.41, 5.74) is 3.04. The number of thiazole rings is 1. The van der Waals surface area contributed by atoms with Crippen LogP contribution in [0, 0.1) is 19.8 Å². The van der Waals surface area contributed by atoms with Crippen LogP contribution in [0.25, 0.3) is 0 Å². The van der Waals surface area contributed by atoms with Crippen LogP contribution >= 0.6 is 11.3 Å². The van der Waals surface area contributed by atoms with Crippen LogP contribution < -0.4 is 10.0 Å². The van der Waals surface area contributed by atoms with Crippen molar-refractivity contribution < 1.29 is 13.2 Å². The smallest absolute Gasteiger partial charge is 0.240 e. The molecule has 1 aliphatic rings. The molecule has 2 aromatic rings. The first kappa shape index (κ1) is 20.0. The number of hydrogen-bond acceptors (Lipinski definition) is 5. The number of anilines is 1. The fourth-order valence-corrected chi connectivity index (χ4v) is 5.34. The van der Waals surface area contributed by atoms with Crippen molar-refractivity contribution in [2.45, 2.75) is 51.3 Å². The number of hydrogen-bond donors (Lipinski definition) is 2. The van der Waals surface area contributed by atoms with Gasteiger partial charge in [0.1, 0.15) is 0 Å². The molecule has 3 rings (SSSR count). The number of nitrogens with one attached hydrogen (secondary N) is 2. The maximum Gasteiger partial charge on any atom is 0.240 e. The highest BCUT2D eigenvalue weighted by Gasteiger charge is 2.20. The number of fused-ring (bicyclic) bond motifs is 1. The van der Waals surface area contributed by atoms with Crippen molar-refractivity contribution in [3.05, 3.63) is 39.9 Å². The zero-order chi connectivity index (χ0) is 19.6. The highest BCUT2D eigenvalue weighted by Crippen LogP contribution is 2.32. The van der Waals surface area contributed by atoms with Gasteiger partial charge in [0.05, 0.1) is 10.6 Å². The van der Waals surface area contributed by atoms with Crippen LogP contribution in [-0.4, -0.2) is 25.9 Å².